The third-order valence-electron chi connectivity index (χ3n) is 4.11. The number of rotatable bonds is 4. The molecular formula is C15H15N7O2S. The van der Waals surface area contributed by atoms with Gasteiger partial charge in [0.05, 0.1) is 6.04 Å². The summed E-state index contributed by atoms with van der Waals surface area (Å²) in [6, 6.07) is -0.0678. The van der Waals surface area contributed by atoms with Gasteiger partial charge >= 0.3 is 0 Å². The Morgan fingerprint density at radius 1 is 1.40 bits per heavy atom. The van der Waals surface area contributed by atoms with Crippen molar-refractivity contribution in [3.8, 4) is 0 Å². The lowest BCUT2D eigenvalue weighted by Crippen LogP contribution is -2.35. The Balaban J connectivity index is 1.56. The first-order chi connectivity index (χ1) is 12.2. The number of hydrogen-bond donors (Lipinski definition) is 1. The number of amides is 1. The highest BCUT2D eigenvalue weighted by Gasteiger charge is 2.33. The van der Waals surface area contributed by atoms with E-state index >= 15 is 0 Å². The van der Waals surface area contributed by atoms with Crippen LogP contribution in [0.1, 0.15) is 40.1 Å². The summed E-state index contributed by atoms with van der Waals surface area (Å²) in [5, 5.41) is 6.76. The van der Waals surface area contributed by atoms with Crippen LogP contribution in [-0.4, -0.2) is 47.1 Å². The number of carbonyl (C=O) groups is 1. The van der Waals surface area contributed by atoms with E-state index in [1.807, 2.05) is 5.38 Å². The summed E-state index contributed by atoms with van der Waals surface area (Å²) in [5.74, 6) is 0.115. The highest BCUT2D eigenvalue weighted by molar-refractivity contribution is 7.09. The van der Waals surface area contributed by atoms with Crippen molar-refractivity contribution < 1.29 is 4.79 Å². The summed E-state index contributed by atoms with van der Waals surface area (Å²) in [6.45, 7) is 0.901. The third-order valence-corrected chi connectivity index (χ3v) is 4.99. The molecule has 1 amide bonds. The molecule has 1 N–H and O–H groups in total. The standard InChI is InChI=1S/C15H15N7O2S/c23-13-10(6-18-12(20-13)7-21-9-16-8-19-21)15(24)22-4-1-2-11(22)14-17-3-5-25-14/h3,5-6,8-9,11H,1-2,4,7H2,(H,18,20,23)/t11-/m0/s1. The zero-order chi connectivity index (χ0) is 17.2. The van der Waals surface area contributed by atoms with E-state index in [4.69, 9.17) is 0 Å². The van der Waals surface area contributed by atoms with Crippen LogP contribution in [0.4, 0.5) is 0 Å². The summed E-state index contributed by atoms with van der Waals surface area (Å²) < 4.78 is 1.54. The van der Waals surface area contributed by atoms with E-state index in [1.54, 1.807) is 15.8 Å². The summed E-state index contributed by atoms with van der Waals surface area (Å²) >= 11 is 1.52. The second-order valence-electron chi connectivity index (χ2n) is 5.69. The Morgan fingerprint density at radius 2 is 2.32 bits per heavy atom. The zero-order valence-electron chi connectivity index (χ0n) is 13.2. The summed E-state index contributed by atoms with van der Waals surface area (Å²) in [6.07, 6.45) is 7.75. The average molecular weight is 357 g/mol. The van der Waals surface area contributed by atoms with E-state index in [9.17, 15) is 9.59 Å². The summed E-state index contributed by atoms with van der Waals surface area (Å²) in [5.41, 5.74) is -0.397. The number of nitrogens with one attached hydrogen (secondary N) is 1. The van der Waals surface area contributed by atoms with Crippen LogP contribution in [0.15, 0.2) is 35.2 Å². The smallest absolute Gasteiger partial charge is 0.263 e. The highest BCUT2D eigenvalue weighted by atomic mass is 32.1. The zero-order valence-corrected chi connectivity index (χ0v) is 14.0. The first-order valence-electron chi connectivity index (χ1n) is 7.83. The molecule has 1 atom stereocenters. The van der Waals surface area contributed by atoms with Crippen molar-refractivity contribution >= 4 is 17.2 Å². The van der Waals surface area contributed by atoms with E-state index < -0.39 is 5.56 Å². The predicted molar refractivity (Wildman–Crippen MR) is 89.1 cm³/mol. The molecule has 0 bridgehead atoms. The number of likely N-dealkylation sites (tertiary alicyclic amines) is 1. The van der Waals surface area contributed by atoms with Crippen molar-refractivity contribution in [3.63, 3.8) is 0 Å². The first kappa shape index (κ1) is 15.6. The van der Waals surface area contributed by atoms with E-state index in [2.05, 4.69) is 25.0 Å². The second-order valence-corrected chi connectivity index (χ2v) is 6.62. The molecule has 128 valence electrons. The number of nitrogens with zero attached hydrogens (tertiary/aromatic N) is 6. The molecule has 0 unspecified atom stereocenters. The van der Waals surface area contributed by atoms with E-state index in [1.165, 1.54) is 30.2 Å². The SMILES string of the molecule is O=C(c1cnc(Cn2cncn2)[nH]c1=O)N1CCC[C@H]1c1nccs1. The lowest BCUT2D eigenvalue weighted by atomic mass is 10.2. The lowest BCUT2D eigenvalue weighted by Gasteiger charge is -2.22. The van der Waals surface area contributed by atoms with Crippen molar-refractivity contribution in [2.24, 2.45) is 0 Å². The number of thiazole rings is 1. The number of H-pyrrole nitrogens is 1. The fourth-order valence-electron chi connectivity index (χ4n) is 2.95. The van der Waals surface area contributed by atoms with Crippen LogP contribution in [0, 0.1) is 0 Å². The second kappa shape index (κ2) is 6.55. The van der Waals surface area contributed by atoms with Crippen molar-refractivity contribution in [2.45, 2.75) is 25.4 Å². The van der Waals surface area contributed by atoms with Crippen molar-refractivity contribution in [2.75, 3.05) is 6.54 Å². The molecule has 3 aromatic rings. The molecular weight excluding hydrogens is 342 g/mol. The van der Waals surface area contributed by atoms with Crippen molar-refractivity contribution in [1.82, 2.24) is 34.6 Å². The molecule has 1 aliphatic heterocycles. The number of hydrogen-bond acceptors (Lipinski definition) is 7. The maximum Gasteiger partial charge on any atom is 0.263 e. The van der Waals surface area contributed by atoms with Gasteiger partial charge in [-0.25, -0.2) is 19.6 Å². The molecule has 0 aromatic carbocycles. The molecule has 4 rings (SSSR count). The Kier molecular flexibility index (Phi) is 4.10. The van der Waals surface area contributed by atoms with Crippen LogP contribution in [-0.2, 0) is 6.54 Å². The van der Waals surface area contributed by atoms with Crippen LogP contribution < -0.4 is 5.56 Å². The average Bonchev–Trinajstić information content (AvgIpc) is 3.36. The van der Waals surface area contributed by atoms with Crippen LogP contribution in [0.2, 0.25) is 0 Å². The van der Waals surface area contributed by atoms with Gasteiger partial charge in [0.25, 0.3) is 11.5 Å². The Bertz CT molecular complexity index is 920. The molecule has 1 aliphatic rings. The number of aromatic nitrogens is 6. The molecule has 25 heavy (non-hydrogen) atoms. The van der Waals surface area contributed by atoms with E-state index in [0.29, 0.717) is 12.4 Å². The van der Waals surface area contributed by atoms with Gasteiger partial charge in [-0.15, -0.1) is 11.3 Å². The minimum atomic E-state index is -0.445. The summed E-state index contributed by atoms with van der Waals surface area (Å²) in [4.78, 5) is 41.9. The van der Waals surface area contributed by atoms with Crippen molar-refractivity contribution in [3.05, 3.63) is 57.2 Å². The van der Waals surface area contributed by atoms with Gasteiger partial charge in [-0.2, -0.15) is 5.10 Å². The molecule has 0 saturated carbocycles. The Hall–Kier alpha value is -2.88. The van der Waals surface area contributed by atoms with Gasteiger partial charge in [0, 0.05) is 24.3 Å². The maximum absolute atomic E-state index is 12.8. The van der Waals surface area contributed by atoms with Crippen molar-refractivity contribution in [1.29, 1.82) is 0 Å². The summed E-state index contributed by atoms with van der Waals surface area (Å²) in [7, 11) is 0. The quantitative estimate of drug-likeness (QED) is 0.741. The molecule has 3 aromatic heterocycles. The normalized spacial score (nSPS) is 17.1. The molecule has 0 radical (unpaired) electrons. The number of aromatic amines is 1. The van der Waals surface area contributed by atoms with Gasteiger partial charge in [-0.05, 0) is 12.8 Å². The molecule has 1 saturated heterocycles. The third kappa shape index (κ3) is 3.07. The molecule has 4 heterocycles. The molecule has 1 fully saturated rings. The monoisotopic (exact) mass is 357 g/mol. The van der Waals surface area contributed by atoms with Gasteiger partial charge in [-0.1, -0.05) is 0 Å². The minimum absolute atomic E-state index is 0.0470. The van der Waals surface area contributed by atoms with Crippen LogP contribution in [0.3, 0.4) is 0 Å². The van der Waals surface area contributed by atoms with Crippen LogP contribution in [0.5, 0.6) is 0 Å². The largest absolute Gasteiger partial charge is 0.329 e. The van der Waals surface area contributed by atoms with Gasteiger partial charge < -0.3 is 9.88 Å². The molecule has 9 nitrogen and oxygen atoms in total. The van der Waals surface area contributed by atoms with Gasteiger partial charge in [0.1, 0.15) is 35.6 Å². The topological polar surface area (TPSA) is 110 Å². The fourth-order valence-corrected chi connectivity index (χ4v) is 3.74. The van der Waals surface area contributed by atoms with E-state index in [-0.39, 0.29) is 24.1 Å². The van der Waals surface area contributed by atoms with Gasteiger partial charge in [0.15, 0.2) is 0 Å². The maximum atomic E-state index is 12.8. The molecule has 0 aliphatic carbocycles. The van der Waals surface area contributed by atoms with Crippen LogP contribution >= 0.6 is 11.3 Å². The Labute approximate surface area is 146 Å². The Morgan fingerprint density at radius 3 is 3.04 bits per heavy atom. The molecule has 0 spiro atoms. The molecule has 10 heteroatoms. The minimum Gasteiger partial charge on any atom is -0.329 e. The van der Waals surface area contributed by atoms with E-state index in [0.717, 1.165) is 17.8 Å². The van der Waals surface area contributed by atoms with Gasteiger partial charge in [0.2, 0.25) is 0 Å². The van der Waals surface area contributed by atoms with Gasteiger partial charge in [-0.3, -0.25) is 9.59 Å². The predicted octanol–water partition coefficient (Wildman–Crippen LogP) is 0.843. The first-order valence-corrected chi connectivity index (χ1v) is 8.71. The highest BCUT2D eigenvalue weighted by Crippen LogP contribution is 2.33. The van der Waals surface area contributed by atoms with Crippen LogP contribution in [0.25, 0.3) is 0 Å². The lowest BCUT2D eigenvalue weighted by molar-refractivity contribution is 0.0733. The fraction of sp³-hybridized carbons (Fsp3) is 0.333. The number of carbonyl (C=O) groups excluding carboxylic acids is 1.